The van der Waals surface area contributed by atoms with Crippen molar-refractivity contribution >= 4 is 5.91 Å². The van der Waals surface area contributed by atoms with Crippen molar-refractivity contribution in [3.63, 3.8) is 0 Å². The van der Waals surface area contributed by atoms with Crippen LogP contribution in [-0.2, 0) is 13.0 Å². The molecule has 2 aromatic rings. The fourth-order valence-corrected chi connectivity index (χ4v) is 1.83. The molecular weight excluding hydrogens is 238 g/mol. The maximum atomic E-state index is 11.1. The SMILES string of the molecule is NC(=O)c1cccc(CNCCc2ccccn2)c1. The monoisotopic (exact) mass is 255 g/mol. The number of primary amides is 1. The molecule has 0 atom stereocenters. The van der Waals surface area contributed by atoms with Crippen LogP contribution in [0.4, 0.5) is 0 Å². The number of rotatable bonds is 6. The Hall–Kier alpha value is -2.20. The van der Waals surface area contributed by atoms with Crippen LogP contribution in [0.25, 0.3) is 0 Å². The van der Waals surface area contributed by atoms with E-state index in [1.54, 1.807) is 12.3 Å². The van der Waals surface area contributed by atoms with Crippen molar-refractivity contribution in [3.05, 3.63) is 65.5 Å². The first-order valence-electron chi connectivity index (χ1n) is 6.25. The third-order valence-corrected chi connectivity index (χ3v) is 2.82. The lowest BCUT2D eigenvalue weighted by molar-refractivity contribution is 0.1000. The number of nitrogens with one attached hydrogen (secondary N) is 1. The molecule has 0 aliphatic heterocycles. The molecule has 0 saturated heterocycles. The molecule has 0 radical (unpaired) electrons. The van der Waals surface area contributed by atoms with Gasteiger partial charge in [-0.1, -0.05) is 18.2 Å². The average molecular weight is 255 g/mol. The third-order valence-electron chi connectivity index (χ3n) is 2.82. The second-order valence-corrected chi connectivity index (χ2v) is 4.31. The molecule has 0 fully saturated rings. The maximum absolute atomic E-state index is 11.1. The van der Waals surface area contributed by atoms with Gasteiger partial charge < -0.3 is 11.1 Å². The highest BCUT2D eigenvalue weighted by molar-refractivity contribution is 5.92. The predicted octanol–water partition coefficient (Wildman–Crippen LogP) is 1.51. The highest BCUT2D eigenvalue weighted by Crippen LogP contribution is 2.04. The van der Waals surface area contributed by atoms with Crippen LogP contribution in [0.2, 0.25) is 0 Å². The van der Waals surface area contributed by atoms with Crippen LogP contribution in [-0.4, -0.2) is 17.4 Å². The first-order valence-corrected chi connectivity index (χ1v) is 6.25. The van der Waals surface area contributed by atoms with E-state index in [0.717, 1.165) is 24.2 Å². The smallest absolute Gasteiger partial charge is 0.248 e. The largest absolute Gasteiger partial charge is 0.366 e. The first-order chi connectivity index (χ1) is 9.25. The summed E-state index contributed by atoms with van der Waals surface area (Å²) in [5.41, 5.74) is 7.91. The van der Waals surface area contributed by atoms with E-state index in [1.165, 1.54) is 0 Å². The van der Waals surface area contributed by atoms with Gasteiger partial charge in [0.15, 0.2) is 0 Å². The van der Waals surface area contributed by atoms with Crippen molar-refractivity contribution in [1.82, 2.24) is 10.3 Å². The average Bonchev–Trinajstić information content (AvgIpc) is 2.45. The lowest BCUT2D eigenvalue weighted by Gasteiger charge is -2.05. The number of pyridine rings is 1. The molecule has 98 valence electrons. The molecule has 4 nitrogen and oxygen atoms in total. The number of amides is 1. The molecular formula is C15H17N3O. The minimum absolute atomic E-state index is 0.393. The van der Waals surface area contributed by atoms with Gasteiger partial charge in [-0.05, 0) is 29.8 Å². The quantitative estimate of drug-likeness (QED) is 0.769. The summed E-state index contributed by atoms with van der Waals surface area (Å²) in [7, 11) is 0. The predicted molar refractivity (Wildman–Crippen MR) is 74.6 cm³/mol. The fourth-order valence-electron chi connectivity index (χ4n) is 1.83. The summed E-state index contributed by atoms with van der Waals surface area (Å²) >= 11 is 0. The van der Waals surface area contributed by atoms with Gasteiger partial charge in [-0.25, -0.2) is 0 Å². The molecule has 0 unspecified atom stereocenters. The van der Waals surface area contributed by atoms with Crippen molar-refractivity contribution < 1.29 is 4.79 Å². The van der Waals surface area contributed by atoms with Gasteiger partial charge in [-0.15, -0.1) is 0 Å². The summed E-state index contributed by atoms with van der Waals surface area (Å²) < 4.78 is 0. The summed E-state index contributed by atoms with van der Waals surface area (Å²) in [6.45, 7) is 1.56. The first kappa shape index (κ1) is 13.2. The number of hydrogen-bond donors (Lipinski definition) is 2. The zero-order valence-corrected chi connectivity index (χ0v) is 10.7. The van der Waals surface area contributed by atoms with E-state index in [4.69, 9.17) is 5.73 Å². The molecule has 19 heavy (non-hydrogen) atoms. The van der Waals surface area contributed by atoms with Crippen LogP contribution in [0.5, 0.6) is 0 Å². The van der Waals surface area contributed by atoms with Crippen LogP contribution < -0.4 is 11.1 Å². The Bertz CT molecular complexity index is 540. The topological polar surface area (TPSA) is 68.0 Å². The van der Waals surface area contributed by atoms with Crippen molar-refractivity contribution in [2.24, 2.45) is 5.73 Å². The number of nitrogens with two attached hydrogens (primary N) is 1. The molecule has 1 aromatic heterocycles. The fraction of sp³-hybridized carbons (Fsp3) is 0.200. The summed E-state index contributed by atoms with van der Waals surface area (Å²) in [5.74, 6) is -0.393. The van der Waals surface area contributed by atoms with Gasteiger partial charge in [0.2, 0.25) is 5.91 Å². The van der Waals surface area contributed by atoms with Crippen LogP contribution in [0, 0.1) is 0 Å². The van der Waals surface area contributed by atoms with E-state index in [1.807, 2.05) is 36.4 Å². The van der Waals surface area contributed by atoms with Crippen molar-refractivity contribution in [1.29, 1.82) is 0 Å². The number of benzene rings is 1. The lowest BCUT2D eigenvalue weighted by atomic mass is 10.1. The van der Waals surface area contributed by atoms with Crippen LogP contribution >= 0.6 is 0 Å². The Balaban J connectivity index is 1.80. The van der Waals surface area contributed by atoms with E-state index in [2.05, 4.69) is 10.3 Å². The number of hydrogen-bond acceptors (Lipinski definition) is 3. The minimum atomic E-state index is -0.393. The molecule has 1 amide bonds. The molecule has 4 heteroatoms. The van der Waals surface area contributed by atoms with Gasteiger partial charge in [-0.3, -0.25) is 9.78 Å². The number of carbonyl (C=O) groups excluding carboxylic acids is 1. The van der Waals surface area contributed by atoms with Gasteiger partial charge in [0.1, 0.15) is 0 Å². The molecule has 1 aromatic carbocycles. The summed E-state index contributed by atoms with van der Waals surface area (Å²) in [4.78, 5) is 15.3. The van der Waals surface area contributed by atoms with Gasteiger partial charge in [0.05, 0.1) is 0 Å². The van der Waals surface area contributed by atoms with Crippen molar-refractivity contribution in [2.45, 2.75) is 13.0 Å². The second-order valence-electron chi connectivity index (χ2n) is 4.31. The molecule has 0 aliphatic rings. The van der Waals surface area contributed by atoms with Gasteiger partial charge in [0.25, 0.3) is 0 Å². The molecule has 0 saturated carbocycles. The second kappa shape index (κ2) is 6.66. The van der Waals surface area contributed by atoms with Crippen molar-refractivity contribution in [2.75, 3.05) is 6.54 Å². The summed E-state index contributed by atoms with van der Waals surface area (Å²) in [6, 6.07) is 13.3. The summed E-state index contributed by atoms with van der Waals surface area (Å²) in [5, 5.41) is 3.32. The Morgan fingerprint density at radius 3 is 2.84 bits per heavy atom. The Kier molecular flexibility index (Phi) is 4.64. The minimum Gasteiger partial charge on any atom is -0.366 e. The highest BCUT2D eigenvalue weighted by atomic mass is 16.1. The van der Waals surface area contributed by atoms with Crippen LogP contribution in [0.3, 0.4) is 0 Å². The molecule has 0 bridgehead atoms. The van der Waals surface area contributed by atoms with E-state index in [9.17, 15) is 4.79 Å². The van der Waals surface area contributed by atoms with Gasteiger partial charge in [0, 0.05) is 37.0 Å². The zero-order valence-electron chi connectivity index (χ0n) is 10.7. The Morgan fingerprint density at radius 1 is 1.21 bits per heavy atom. The molecule has 0 aliphatic carbocycles. The van der Waals surface area contributed by atoms with Crippen LogP contribution in [0.15, 0.2) is 48.7 Å². The Labute approximate surface area is 112 Å². The normalized spacial score (nSPS) is 10.3. The molecule has 3 N–H and O–H groups in total. The van der Waals surface area contributed by atoms with Gasteiger partial charge >= 0.3 is 0 Å². The summed E-state index contributed by atoms with van der Waals surface area (Å²) in [6.07, 6.45) is 2.68. The highest BCUT2D eigenvalue weighted by Gasteiger charge is 2.01. The van der Waals surface area contributed by atoms with Gasteiger partial charge in [-0.2, -0.15) is 0 Å². The molecule has 2 rings (SSSR count). The number of nitrogens with zero attached hydrogens (tertiary/aromatic N) is 1. The van der Waals surface area contributed by atoms with E-state index in [-0.39, 0.29) is 0 Å². The van der Waals surface area contributed by atoms with E-state index in [0.29, 0.717) is 12.1 Å². The molecule has 0 spiro atoms. The standard InChI is InChI=1S/C15H17N3O/c16-15(19)13-5-3-4-12(10-13)11-17-9-7-14-6-1-2-8-18-14/h1-6,8,10,17H,7,9,11H2,(H2,16,19). The van der Waals surface area contributed by atoms with E-state index < -0.39 is 5.91 Å². The number of carbonyl (C=O) groups is 1. The van der Waals surface area contributed by atoms with Crippen LogP contribution in [0.1, 0.15) is 21.6 Å². The lowest BCUT2D eigenvalue weighted by Crippen LogP contribution is -2.18. The maximum Gasteiger partial charge on any atom is 0.248 e. The zero-order chi connectivity index (χ0) is 13.5. The van der Waals surface area contributed by atoms with E-state index >= 15 is 0 Å². The molecule has 1 heterocycles. The Morgan fingerprint density at radius 2 is 2.11 bits per heavy atom. The third kappa shape index (κ3) is 4.19. The number of aromatic nitrogens is 1. The van der Waals surface area contributed by atoms with Crippen molar-refractivity contribution in [3.8, 4) is 0 Å².